The highest BCUT2D eigenvalue weighted by atomic mass is 35.5. The van der Waals surface area contributed by atoms with E-state index in [1.54, 1.807) is 19.9 Å². The first-order chi connectivity index (χ1) is 11.6. The van der Waals surface area contributed by atoms with Crippen LogP contribution in [0.1, 0.15) is 41.0 Å². The van der Waals surface area contributed by atoms with E-state index < -0.39 is 4.92 Å². The van der Waals surface area contributed by atoms with Crippen LogP contribution in [-0.2, 0) is 4.79 Å². The van der Waals surface area contributed by atoms with E-state index in [0.717, 1.165) is 22.3 Å². The number of nitro groups is 1. The molecular weight excluding hydrogens is 338 g/mol. The van der Waals surface area contributed by atoms with Gasteiger partial charge in [0.1, 0.15) is 0 Å². The van der Waals surface area contributed by atoms with Gasteiger partial charge in [0.2, 0.25) is 0 Å². The van der Waals surface area contributed by atoms with E-state index in [2.05, 4.69) is 5.73 Å². The lowest BCUT2D eigenvalue weighted by atomic mass is 9.93. The van der Waals surface area contributed by atoms with Crippen molar-refractivity contribution in [3.05, 3.63) is 84.8 Å². The number of halogens is 1. The molecule has 0 aromatic rings. The van der Waals surface area contributed by atoms with Crippen LogP contribution in [0.25, 0.3) is 0 Å². The third kappa shape index (κ3) is 6.18. The zero-order chi connectivity index (χ0) is 19.1. The first kappa shape index (κ1) is 20.6. The van der Waals surface area contributed by atoms with Gasteiger partial charge in [0.05, 0.1) is 4.92 Å². The molecule has 0 aromatic carbocycles. The number of allylic oxidation sites excluding steroid dienone is 10. The Morgan fingerprint density at radius 2 is 1.84 bits per heavy atom. The first-order valence-corrected chi connectivity index (χ1v) is 8.22. The number of rotatable bonds is 6. The van der Waals surface area contributed by atoms with Gasteiger partial charge in [-0.3, -0.25) is 14.9 Å². The lowest BCUT2D eigenvalue weighted by Crippen LogP contribution is -1.98. The summed E-state index contributed by atoms with van der Waals surface area (Å²) in [4.78, 5) is 22.0. The van der Waals surface area contributed by atoms with E-state index in [9.17, 15) is 14.9 Å². The second kappa shape index (κ2) is 9.16. The fraction of sp³-hybridized carbons (Fsp3) is 0.300. The van der Waals surface area contributed by atoms with Crippen LogP contribution >= 0.6 is 11.6 Å². The SMILES string of the molecule is CC(=O)/C(C)=C(\C)C/C(C)=C(\C=C(/C)Cl)C1=C=CC=C([N+](=O)[O-])C=C1. The third-order valence-corrected chi connectivity index (χ3v) is 4.03. The zero-order valence-electron chi connectivity index (χ0n) is 15.1. The molecule has 4 nitrogen and oxygen atoms in total. The second-order valence-electron chi connectivity index (χ2n) is 5.97. The van der Waals surface area contributed by atoms with Crippen LogP contribution in [0.15, 0.2) is 74.7 Å². The van der Waals surface area contributed by atoms with E-state index in [0.29, 0.717) is 17.0 Å². The minimum atomic E-state index is -0.445. The molecule has 0 heterocycles. The van der Waals surface area contributed by atoms with Crippen molar-refractivity contribution in [1.29, 1.82) is 0 Å². The summed E-state index contributed by atoms with van der Waals surface area (Å²) in [6.45, 7) is 9.01. The van der Waals surface area contributed by atoms with Crippen molar-refractivity contribution in [2.45, 2.75) is 41.0 Å². The highest BCUT2D eigenvalue weighted by molar-refractivity contribution is 6.29. The largest absolute Gasteiger partial charge is 0.295 e. The Kier molecular flexibility index (Phi) is 7.56. The number of hydrogen-bond donors (Lipinski definition) is 0. The van der Waals surface area contributed by atoms with Crippen LogP contribution in [0.3, 0.4) is 0 Å². The van der Waals surface area contributed by atoms with Gasteiger partial charge >= 0.3 is 0 Å². The van der Waals surface area contributed by atoms with Crippen molar-refractivity contribution in [3.8, 4) is 0 Å². The van der Waals surface area contributed by atoms with E-state index in [-0.39, 0.29) is 11.5 Å². The number of hydrogen-bond acceptors (Lipinski definition) is 3. The molecule has 0 spiro atoms. The van der Waals surface area contributed by atoms with Crippen molar-refractivity contribution in [2.24, 2.45) is 0 Å². The van der Waals surface area contributed by atoms with Crippen LogP contribution in [0.2, 0.25) is 0 Å². The van der Waals surface area contributed by atoms with Crippen molar-refractivity contribution in [2.75, 3.05) is 0 Å². The molecule has 0 bridgehead atoms. The highest BCUT2D eigenvalue weighted by Crippen LogP contribution is 2.26. The summed E-state index contributed by atoms with van der Waals surface area (Å²) in [7, 11) is 0. The quantitative estimate of drug-likeness (QED) is 0.205. The summed E-state index contributed by atoms with van der Waals surface area (Å²) >= 11 is 6.07. The maximum atomic E-state index is 11.5. The van der Waals surface area contributed by atoms with Crippen LogP contribution in [0, 0.1) is 10.1 Å². The Labute approximate surface area is 153 Å². The van der Waals surface area contributed by atoms with E-state index >= 15 is 0 Å². The Bertz CT molecular complexity index is 810. The first-order valence-electron chi connectivity index (χ1n) is 7.84. The van der Waals surface area contributed by atoms with Crippen molar-refractivity contribution in [3.63, 3.8) is 0 Å². The number of ketones is 1. The molecule has 1 aliphatic carbocycles. The third-order valence-electron chi connectivity index (χ3n) is 3.92. The summed E-state index contributed by atoms with van der Waals surface area (Å²) in [5, 5.41) is 11.5. The van der Waals surface area contributed by atoms with Gasteiger partial charge in [-0.15, -0.1) is 5.73 Å². The van der Waals surface area contributed by atoms with E-state index in [4.69, 9.17) is 11.6 Å². The van der Waals surface area contributed by atoms with Gasteiger partial charge in [0, 0.05) is 22.8 Å². The van der Waals surface area contributed by atoms with Gasteiger partial charge in [-0.25, -0.2) is 0 Å². The molecule has 0 aliphatic heterocycles. The maximum absolute atomic E-state index is 11.5. The summed E-state index contributed by atoms with van der Waals surface area (Å²) in [6, 6.07) is 0. The molecule has 5 heteroatoms. The van der Waals surface area contributed by atoms with E-state index in [1.807, 2.05) is 26.8 Å². The van der Waals surface area contributed by atoms with Gasteiger partial charge in [-0.05, 0) is 70.4 Å². The summed E-state index contributed by atoms with van der Waals surface area (Å²) in [5.41, 5.74) is 7.32. The summed E-state index contributed by atoms with van der Waals surface area (Å²) in [6.07, 6.45) is 8.45. The Morgan fingerprint density at radius 3 is 2.36 bits per heavy atom. The second-order valence-corrected chi connectivity index (χ2v) is 6.57. The molecule has 0 fully saturated rings. The molecule has 0 amide bonds. The van der Waals surface area contributed by atoms with Crippen LogP contribution in [-0.4, -0.2) is 10.7 Å². The minimum absolute atomic E-state index is 0.00502. The lowest BCUT2D eigenvalue weighted by molar-refractivity contribution is -0.418. The Morgan fingerprint density at radius 1 is 1.20 bits per heavy atom. The average Bonchev–Trinajstić information content (AvgIpc) is 2.77. The number of carbonyl (C=O) groups excluding carboxylic acids is 1. The van der Waals surface area contributed by atoms with Crippen molar-refractivity contribution in [1.82, 2.24) is 0 Å². The van der Waals surface area contributed by atoms with E-state index in [1.165, 1.54) is 18.2 Å². The topological polar surface area (TPSA) is 60.2 Å². The van der Waals surface area contributed by atoms with Crippen LogP contribution < -0.4 is 0 Å². The molecule has 1 rings (SSSR count). The monoisotopic (exact) mass is 359 g/mol. The molecule has 0 aromatic heterocycles. The normalized spacial score (nSPS) is 16.5. The number of Topliss-reactive ketones (excluding diaryl/α,β-unsaturated/α-hetero) is 1. The number of carbonyl (C=O) groups is 1. The standard InChI is InChI=1S/C20H22ClNO3/c1-13(16(4)17(5)23)11-14(2)20(12-15(3)21)18-7-6-8-19(10-9-18)22(24)25/h6,8-10,12H,11H2,1-5H3/b15-12+,16-13+,20-14+. The van der Waals surface area contributed by atoms with Crippen LogP contribution in [0.5, 0.6) is 0 Å². The number of nitrogens with zero attached hydrogens (tertiary/aromatic N) is 1. The molecule has 0 saturated carbocycles. The molecular formula is C20H22ClNO3. The molecule has 0 N–H and O–H groups in total. The molecule has 0 unspecified atom stereocenters. The molecule has 1 aliphatic rings. The zero-order valence-corrected chi connectivity index (χ0v) is 15.9. The van der Waals surface area contributed by atoms with Crippen molar-refractivity contribution >= 4 is 17.4 Å². The maximum Gasteiger partial charge on any atom is 0.270 e. The van der Waals surface area contributed by atoms with Crippen LogP contribution in [0.4, 0.5) is 0 Å². The van der Waals surface area contributed by atoms with Gasteiger partial charge in [-0.2, -0.15) is 0 Å². The predicted molar refractivity (Wildman–Crippen MR) is 102 cm³/mol. The fourth-order valence-electron chi connectivity index (χ4n) is 2.33. The lowest BCUT2D eigenvalue weighted by Gasteiger charge is -2.11. The predicted octanol–water partition coefficient (Wildman–Crippen LogP) is 5.57. The van der Waals surface area contributed by atoms with Crippen molar-refractivity contribution < 1.29 is 9.72 Å². The van der Waals surface area contributed by atoms with Gasteiger partial charge in [0.15, 0.2) is 5.78 Å². The molecule has 0 atom stereocenters. The molecule has 132 valence electrons. The Balaban J connectivity index is 3.37. The molecule has 0 saturated heterocycles. The summed E-state index contributed by atoms with van der Waals surface area (Å²) < 4.78 is 0. The molecule has 0 radical (unpaired) electrons. The summed E-state index contributed by atoms with van der Waals surface area (Å²) in [5.74, 6) is 0.0456. The minimum Gasteiger partial charge on any atom is -0.295 e. The smallest absolute Gasteiger partial charge is 0.270 e. The molecule has 25 heavy (non-hydrogen) atoms. The average molecular weight is 360 g/mol. The highest BCUT2D eigenvalue weighted by Gasteiger charge is 2.11. The fourth-order valence-corrected chi connectivity index (χ4v) is 2.44. The van der Waals surface area contributed by atoms with Gasteiger partial charge in [-0.1, -0.05) is 22.7 Å². The Hall–Kier alpha value is -2.42. The van der Waals surface area contributed by atoms with Gasteiger partial charge < -0.3 is 0 Å². The van der Waals surface area contributed by atoms with Gasteiger partial charge in [0.25, 0.3) is 5.70 Å².